The fourth-order valence-electron chi connectivity index (χ4n) is 1.86. The molecule has 0 unspecified atom stereocenters. The van der Waals surface area contributed by atoms with E-state index in [1.54, 1.807) is 0 Å². The lowest BCUT2D eigenvalue weighted by atomic mass is 10.1. The standard InChI is InChI=1S/C15H26N2O/c1-12(2)16-10-13-6-8-14(9-7-13)17(5)11-15(3,4)18/h6-9,12,16,18H,10-11H2,1-5H3. The summed E-state index contributed by atoms with van der Waals surface area (Å²) < 4.78 is 0. The minimum absolute atomic E-state index is 0.502. The highest BCUT2D eigenvalue weighted by Gasteiger charge is 2.15. The van der Waals surface area contributed by atoms with Crippen LogP contribution in [0.5, 0.6) is 0 Å². The first-order valence-corrected chi connectivity index (χ1v) is 6.54. The van der Waals surface area contributed by atoms with Gasteiger partial charge in [0.15, 0.2) is 0 Å². The topological polar surface area (TPSA) is 35.5 Å². The number of nitrogens with zero attached hydrogens (tertiary/aromatic N) is 1. The number of aliphatic hydroxyl groups is 1. The molecule has 0 radical (unpaired) electrons. The SMILES string of the molecule is CC(C)NCc1ccc(N(C)CC(C)(C)O)cc1. The van der Waals surface area contributed by atoms with Crippen molar-refractivity contribution in [1.29, 1.82) is 0 Å². The molecular weight excluding hydrogens is 224 g/mol. The summed E-state index contributed by atoms with van der Waals surface area (Å²) in [6, 6.07) is 8.96. The van der Waals surface area contributed by atoms with E-state index in [4.69, 9.17) is 0 Å². The highest BCUT2D eigenvalue weighted by Crippen LogP contribution is 2.16. The summed E-state index contributed by atoms with van der Waals surface area (Å²) in [5.74, 6) is 0. The maximum atomic E-state index is 9.80. The zero-order chi connectivity index (χ0) is 13.8. The normalized spacial score (nSPS) is 11.9. The molecule has 0 amide bonds. The number of benzene rings is 1. The lowest BCUT2D eigenvalue weighted by Gasteiger charge is -2.27. The molecule has 0 aliphatic heterocycles. The zero-order valence-corrected chi connectivity index (χ0v) is 12.2. The average molecular weight is 250 g/mol. The molecule has 0 saturated heterocycles. The van der Waals surface area contributed by atoms with Gasteiger partial charge in [-0.2, -0.15) is 0 Å². The van der Waals surface area contributed by atoms with Crippen molar-refractivity contribution in [2.45, 2.75) is 45.9 Å². The average Bonchev–Trinajstić information content (AvgIpc) is 2.24. The van der Waals surface area contributed by atoms with E-state index in [1.807, 2.05) is 20.9 Å². The molecule has 0 atom stereocenters. The predicted molar refractivity (Wildman–Crippen MR) is 78.0 cm³/mol. The van der Waals surface area contributed by atoms with Crippen molar-refractivity contribution in [1.82, 2.24) is 5.32 Å². The molecule has 0 spiro atoms. The molecule has 1 rings (SSSR count). The molecule has 2 N–H and O–H groups in total. The highest BCUT2D eigenvalue weighted by molar-refractivity contribution is 5.47. The Morgan fingerprint density at radius 3 is 2.22 bits per heavy atom. The molecule has 1 aromatic rings. The smallest absolute Gasteiger partial charge is 0.0765 e. The van der Waals surface area contributed by atoms with E-state index in [-0.39, 0.29) is 0 Å². The fraction of sp³-hybridized carbons (Fsp3) is 0.600. The summed E-state index contributed by atoms with van der Waals surface area (Å²) in [5.41, 5.74) is 1.74. The van der Waals surface area contributed by atoms with E-state index < -0.39 is 5.60 Å². The van der Waals surface area contributed by atoms with Gasteiger partial charge in [0.05, 0.1) is 5.60 Å². The van der Waals surface area contributed by atoms with Crippen LogP contribution in [-0.2, 0) is 6.54 Å². The maximum absolute atomic E-state index is 9.80. The van der Waals surface area contributed by atoms with E-state index in [2.05, 4.69) is 48.3 Å². The van der Waals surface area contributed by atoms with Gasteiger partial charge in [0.25, 0.3) is 0 Å². The van der Waals surface area contributed by atoms with Crippen molar-refractivity contribution >= 4 is 5.69 Å². The first kappa shape index (κ1) is 15.0. The van der Waals surface area contributed by atoms with Gasteiger partial charge in [-0.05, 0) is 31.5 Å². The fourth-order valence-corrected chi connectivity index (χ4v) is 1.86. The molecule has 102 valence electrons. The van der Waals surface area contributed by atoms with Crippen LogP contribution in [0.4, 0.5) is 5.69 Å². The summed E-state index contributed by atoms with van der Waals surface area (Å²) in [7, 11) is 2.00. The Morgan fingerprint density at radius 1 is 1.22 bits per heavy atom. The van der Waals surface area contributed by atoms with Gasteiger partial charge < -0.3 is 15.3 Å². The third kappa shape index (κ3) is 5.52. The Morgan fingerprint density at radius 2 is 1.78 bits per heavy atom. The molecule has 1 aromatic carbocycles. The van der Waals surface area contributed by atoms with Crippen LogP contribution in [0.1, 0.15) is 33.3 Å². The molecule has 0 aliphatic carbocycles. The summed E-state index contributed by atoms with van der Waals surface area (Å²) in [6.45, 7) is 9.45. The van der Waals surface area contributed by atoms with Gasteiger partial charge in [-0.25, -0.2) is 0 Å². The van der Waals surface area contributed by atoms with Crippen LogP contribution in [0.2, 0.25) is 0 Å². The van der Waals surface area contributed by atoms with Gasteiger partial charge in [0.2, 0.25) is 0 Å². The highest BCUT2D eigenvalue weighted by atomic mass is 16.3. The van der Waals surface area contributed by atoms with E-state index in [0.29, 0.717) is 12.6 Å². The van der Waals surface area contributed by atoms with Gasteiger partial charge in [-0.1, -0.05) is 26.0 Å². The Labute approximate surface area is 111 Å². The first-order valence-electron chi connectivity index (χ1n) is 6.54. The van der Waals surface area contributed by atoms with Crippen molar-refractivity contribution in [2.24, 2.45) is 0 Å². The monoisotopic (exact) mass is 250 g/mol. The second-order valence-corrected chi connectivity index (χ2v) is 5.87. The van der Waals surface area contributed by atoms with Gasteiger partial charge in [0.1, 0.15) is 0 Å². The van der Waals surface area contributed by atoms with Gasteiger partial charge in [-0.15, -0.1) is 0 Å². The van der Waals surface area contributed by atoms with Crippen LogP contribution in [0, 0.1) is 0 Å². The quantitative estimate of drug-likeness (QED) is 0.814. The molecule has 3 heteroatoms. The summed E-state index contributed by atoms with van der Waals surface area (Å²) in [4.78, 5) is 2.07. The van der Waals surface area contributed by atoms with Crippen LogP contribution in [0.3, 0.4) is 0 Å². The van der Waals surface area contributed by atoms with E-state index in [0.717, 1.165) is 12.2 Å². The van der Waals surface area contributed by atoms with Crippen molar-refractivity contribution in [3.05, 3.63) is 29.8 Å². The molecule has 3 nitrogen and oxygen atoms in total. The number of likely N-dealkylation sites (N-methyl/N-ethyl adjacent to an activating group) is 1. The van der Waals surface area contributed by atoms with Crippen LogP contribution < -0.4 is 10.2 Å². The third-order valence-electron chi connectivity index (χ3n) is 2.72. The van der Waals surface area contributed by atoms with Crippen molar-refractivity contribution in [3.63, 3.8) is 0 Å². The van der Waals surface area contributed by atoms with E-state index >= 15 is 0 Å². The molecule has 0 saturated carbocycles. The van der Waals surface area contributed by atoms with Crippen LogP contribution in [0.15, 0.2) is 24.3 Å². The Bertz CT molecular complexity index is 352. The summed E-state index contributed by atoms with van der Waals surface area (Å²) >= 11 is 0. The van der Waals surface area contributed by atoms with Crippen molar-refractivity contribution in [3.8, 4) is 0 Å². The summed E-state index contributed by atoms with van der Waals surface area (Å²) in [5, 5.41) is 13.2. The molecule has 0 bridgehead atoms. The largest absolute Gasteiger partial charge is 0.389 e. The Hall–Kier alpha value is -1.06. The van der Waals surface area contributed by atoms with E-state index in [9.17, 15) is 5.11 Å². The third-order valence-corrected chi connectivity index (χ3v) is 2.72. The lowest BCUT2D eigenvalue weighted by Crippen LogP contribution is -2.36. The molecule has 0 aromatic heterocycles. The number of hydrogen-bond donors (Lipinski definition) is 2. The maximum Gasteiger partial charge on any atom is 0.0765 e. The van der Waals surface area contributed by atoms with Gasteiger partial charge in [-0.3, -0.25) is 0 Å². The van der Waals surface area contributed by atoms with Crippen molar-refractivity contribution < 1.29 is 5.11 Å². The molecular formula is C15H26N2O. The number of anilines is 1. The van der Waals surface area contributed by atoms with Crippen LogP contribution in [0.25, 0.3) is 0 Å². The minimum Gasteiger partial charge on any atom is -0.389 e. The second kappa shape index (κ2) is 6.21. The number of hydrogen-bond acceptors (Lipinski definition) is 3. The molecule has 0 heterocycles. The second-order valence-electron chi connectivity index (χ2n) is 5.87. The molecule has 0 fully saturated rings. The first-order chi connectivity index (χ1) is 8.28. The van der Waals surface area contributed by atoms with Crippen LogP contribution >= 0.6 is 0 Å². The zero-order valence-electron chi connectivity index (χ0n) is 12.2. The molecule has 0 aliphatic rings. The van der Waals surface area contributed by atoms with Crippen LogP contribution in [-0.4, -0.2) is 30.3 Å². The van der Waals surface area contributed by atoms with Gasteiger partial charge in [0, 0.05) is 31.9 Å². The van der Waals surface area contributed by atoms with E-state index in [1.165, 1.54) is 5.56 Å². The molecule has 18 heavy (non-hydrogen) atoms. The lowest BCUT2D eigenvalue weighted by molar-refractivity contribution is 0.0886. The Balaban J connectivity index is 2.59. The minimum atomic E-state index is -0.674. The summed E-state index contributed by atoms with van der Waals surface area (Å²) in [6.07, 6.45) is 0. The van der Waals surface area contributed by atoms with Gasteiger partial charge >= 0.3 is 0 Å². The van der Waals surface area contributed by atoms with Crippen molar-refractivity contribution in [2.75, 3.05) is 18.5 Å². The predicted octanol–water partition coefficient (Wildman–Crippen LogP) is 2.39. The Kier molecular flexibility index (Phi) is 5.17. The number of nitrogens with one attached hydrogen (secondary N) is 1. The number of rotatable bonds is 6.